The van der Waals surface area contributed by atoms with E-state index in [2.05, 4.69) is 15.0 Å². The van der Waals surface area contributed by atoms with Gasteiger partial charge in [0.05, 0.1) is 12.6 Å². The predicted octanol–water partition coefficient (Wildman–Crippen LogP) is 1.54. The molecular weight excluding hydrogens is 260 g/mol. The largest absolute Gasteiger partial charge is 0.390 e. The number of hydrogen-bond acceptors (Lipinski definition) is 4. The zero-order chi connectivity index (χ0) is 14.7. The molecule has 0 aliphatic rings. The van der Waals surface area contributed by atoms with Gasteiger partial charge >= 0.3 is 0 Å². The topological polar surface area (TPSA) is 122 Å². The Morgan fingerprint density at radius 3 is 2.85 bits per heavy atom. The zero-order valence-electron chi connectivity index (χ0n) is 10.8. The molecule has 0 aliphatic carbocycles. The molecule has 20 heavy (non-hydrogen) atoms. The van der Waals surface area contributed by atoms with Crippen molar-refractivity contribution in [2.24, 2.45) is 5.11 Å². The van der Waals surface area contributed by atoms with E-state index in [0.29, 0.717) is 16.5 Å². The number of pyridine rings is 1. The summed E-state index contributed by atoms with van der Waals surface area (Å²) < 4.78 is 0. The average molecular weight is 274 g/mol. The monoisotopic (exact) mass is 274 g/mol. The van der Waals surface area contributed by atoms with Crippen molar-refractivity contribution in [1.29, 1.82) is 0 Å². The summed E-state index contributed by atoms with van der Waals surface area (Å²) in [4.78, 5) is 17.5. The fraction of sp³-hybridized carbons (Fsp3) is 0.308. The molecule has 7 nitrogen and oxygen atoms in total. The van der Waals surface area contributed by atoms with Crippen LogP contribution < -0.4 is 5.43 Å². The number of aromatic nitrogens is 1. The third kappa shape index (κ3) is 2.80. The Morgan fingerprint density at radius 1 is 1.40 bits per heavy atom. The molecule has 2 unspecified atom stereocenters. The van der Waals surface area contributed by atoms with E-state index in [9.17, 15) is 15.0 Å². The van der Waals surface area contributed by atoms with Gasteiger partial charge in [-0.15, -0.1) is 0 Å². The Bertz CT molecular complexity index is 734. The Morgan fingerprint density at radius 2 is 2.15 bits per heavy atom. The lowest BCUT2D eigenvalue weighted by molar-refractivity contribution is 0.0245. The Balaban J connectivity index is 2.41. The van der Waals surface area contributed by atoms with Crippen molar-refractivity contribution in [1.82, 2.24) is 4.98 Å². The highest BCUT2D eigenvalue weighted by Gasteiger charge is 2.18. The quantitative estimate of drug-likeness (QED) is 0.445. The third-order valence-electron chi connectivity index (χ3n) is 3.03. The molecule has 3 N–H and O–H groups in total. The smallest absolute Gasteiger partial charge is 0.189 e. The first kappa shape index (κ1) is 14.1. The molecule has 1 aromatic carbocycles. The van der Waals surface area contributed by atoms with Crippen LogP contribution in [-0.2, 0) is 0 Å². The first-order chi connectivity index (χ1) is 9.52. The number of benzene rings is 1. The molecule has 0 saturated carbocycles. The minimum atomic E-state index is -1.22. The molecule has 1 aromatic heterocycles. The standard InChI is InChI=1S/C13H14N4O3/c1-7-4-11(18)9-5-8(2-3-10(9)16-7)13(20)12(19)6-15-17-14/h2-5,12-13,19-20H,6H2,1H3,(H,16,18). The number of aliphatic hydroxyl groups is 2. The minimum absolute atomic E-state index is 0.158. The summed E-state index contributed by atoms with van der Waals surface area (Å²) in [5.74, 6) is 0. The van der Waals surface area contributed by atoms with Gasteiger partial charge in [0.15, 0.2) is 5.43 Å². The highest BCUT2D eigenvalue weighted by molar-refractivity contribution is 5.79. The molecule has 0 radical (unpaired) electrons. The number of nitrogens with zero attached hydrogens (tertiary/aromatic N) is 3. The fourth-order valence-corrected chi connectivity index (χ4v) is 2.02. The van der Waals surface area contributed by atoms with Crippen LogP contribution in [0.2, 0.25) is 0 Å². The summed E-state index contributed by atoms with van der Waals surface area (Å²) >= 11 is 0. The molecule has 2 atom stereocenters. The van der Waals surface area contributed by atoms with E-state index in [1.54, 1.807) is 19.1 Å². The molecule has 0 spiro atoms. The van der Waals surface area contributed by atoms with Crippen LogP contribution in [0.3, 0.4) is 0 Å². The maximum absolute atomic E-state index is 11.9. The van der Waals surface area contributed by atoms with Crippen molar-refractivity contribution < 1.29 is 10.2 Å². The van der Waals surface area contributed by atoms with Gasteiger partial charge in [-0.1, -0.05) is 11.2 Å². The highest BCUT2D eigenvalue weighted by Crippen LogP contribution is 2.20. The molecule has 0 saturated heterocycles. The van der Waals surface area contributed by atoms with Gasteiger partial charge in [-0.2, -0.15) is 0 Å². The van der Waals surface area contributed by atoms with Gasteiger partial charge in [0.1, 0.15) is 6.10 Å². The second-order valence-corrected chi connectivity index (χ2v) is 4.55. The van der Waals surface area contributed by atoms with Gasteiger partial charge in [0, 0.05) is 27.6 Å². The molecule has 2 aromatic rings. The van der Waals surface area contributed by atoms with Gasteiger partial charge in [0.2, 0.25) is 0 Å². The molecular formula is C13H14N4O3. The van der Waals surface area contributed by atoms with Gasteiger partial charge < -0.3 is 15.2 Å². The van der Waals surface area contributed by atoms with Crippen LogP contribution in [-0.4, -0.2) is 27.8 Å². The first-order valence-electron chi connectivity index (χ1n) is 6.03. The summed E-state index contributed by atoms with van der Waals surface area (Å²) in [5, 5.41) is 23.3. The van der Waals surface area contributed by atoms with E-state index in [1.807, 2.05) is 0 Å². The maximum atomic E-state index is 11.9. The second kappa shape index (κ2) is 5.75. The minimum Gasteiger partial charge on any atom is -0.390 e. The summed E-state index contributed by atoms with van der Waals surface area (Å²) in [5.41, 5.74) is 9.84. The molecule has 104 valence electrons. The molecule has 0 aliphatic heterocycles. The SMILES string of the molecule is Cc1cc(=O)c2cc(C(O)C(O)CN=[N+]=[N-])ccc2[nH]1. The zero-order valence-corrected chi connectivity index (χ0v) is 10.8. The van der Waals surface area contributed by atoms with Crippen molar-refractivity contribution in [3.05, 3.63) is 56.2 Å². The molecule has 0 amide bonds. The predicted molar refractivity (Wildman–Crippen MR) is 74.3 cm³/mol. The average Bonchev–Trinajstić information content (AvgIpc) is 2.43. The Labute approximate surface area is 114 Å². The van der Waals surface area contributed by atoms with E-state index in [-0.39, 0.29) is 12.0 Å². The van der Waals surface area contributed by atoms with E-state index in [1.165, 1.54) is 12.1 Å². The molecule has 7 heteroatoms. The van der Waals surface area contributed by atoms with Crippen molar-refractivity contribution >= 4 is 10.9 Å². The van der Waals surface area contributed by atoms with E-state index >= 15 is 0 Å². The molecule has 2 rings (SSSR count). The van der Waals surface area contributed by atoms with Crippen molar-refractivity contribution in [2.75, 3.05) is 6.54 Å². The van der Waals surface area contributed by atoms with Gasteiger partial charge in [-0.3, -0.25) is 4.79 Å². The van der Waals surface area contributed by atoms with Crippen LogP contribution in [0.1, 0.15) is 17.4 Å². The van der Waals surface area contributed by atoms with Crippen LogP contribution in [0.5, 0.6) is 0 Å². The third-order valence-corrected chi connectivity index (χ3v) is 3.03. The number of aliphatic hydroxyl groups excluding tert-OH is 2. The van der Waals surface area contributed by atoms with Crippen LogP contribution in [0, 0.1) is 6.92 Å². The molecule has 1 heterocycles. The lowest BCUT2D eigenvalue weighted by atomic mass is 10.0. The van der Waals surface area contributed by atoms with Gasteiger partial charge in [-0.25, -0.2) is 0 Å². The fourth-order valence-electron chi connectivity index (χ4n) is 2.02. The number of fused-ring (bicyclic) bond motifs is 1. The lowest BCUT2D eigenvalue weighted by Gasteiger charge is -2.16. The number of nitrogens with one attached hydrogen (secondary N) is 1. The molecule has 0 bridgehead atoms. The summed E-state index contributed by atoms with van der Waals surface area (Å²) in [6.07, 6.45) is -2.43. The summed E-state index contributed by atoms with van der Waals surface area (Å²) in [6, 6.07) is 6.27. The maximum Gasteiger partial charge on any atom is 0.189 e. The van der Waals surface area contributed by atoms with Crippen molar-refractivity contribution in [3.63, 3.8) is 0 Å². The number of H-pyrrole nitrogens is 1. The normalized spacial score (nSPS) is 13.8. The number of hydrogen-bond donors (Lipinski definition) is 3. The number of azide groups is 1. The Hall–Kier alpha value is -2.34. The summed E-state index contributed by atoms with van der Waals surface area (Å²) in [7, 11) is 0. The summed E-state index contributed by atoms with van der Waals surface area (Å²) in [6.45, 7) is 1.55. The number of rotatable bonds is 4. The van der Waals surface area contributed by atoms with Crippen LogP contribution in [0.4, 0.5) is 0 Å². The lowest BCUT2D eigenvalue weighted by Crippen LogP contribution is -2.21. The van der Waals surface area contributed by atoms with Crippen LogP contribution in [0.15, 0.2) is 34.2 Å². The molecule has 0 fully saturated rings. The number of aryl methyl sites for hydroxylation is 1. The van der Waals surface area contributed by atoms with Crippen molar-refractivity contribution in [2.45, 2.75) is 19.1 Å². The first-order valence-corrected chi connectivity index (χ1v) is 6.03. The Kier molecular flexibility index (Phi) is 4.05. The van der Waals surface area contributed by atoms with Crippen molar-refractivity contribution in [3.8, 4) is 0 Å². The van der Waals surface area contributed by atoms with Crippen LogP contribution in [0.25, 0.3) is 21.3 Å². The highest BCUT2D eigenvalue weighted by atomic mass is 16.3. The van der Waals surface area contributed by atoms with Gasteiger partial charge in [0.25, 0.3) is 0 Å². The number of aromatic amines is 1. The van der Waals surface area contributed by atoms with Crippen LogP contribution >= 0.6 is 0 Å². The van der Waals surface area contributed by atoms with E-state index in [4.69, 9.17) is 5.53 Å². The van der Waals surface area contributed by atoms with Gasteiger partial charge in [-0.05, 0) is 30.2 Å². The van der Waals surface area contributed by atoms with E-state index < -0.39 is 12.2 Å². The second-order valence-electron chi connectivity index (χ2n) is 4.55. The van der Waals surface area contributed by atoms with E-state index in [0.717, 1.165) is 5.69 Å².